The Morgan fingerprint density at radius 2 is 2.25 bits per heavy atom. The van der Waals surface area contributed by atoms with Crippen molar-refractivity contribution in [2.75, 3.05) is 12.0 Å². The molecule has 3 nitrogen and oxygen atoms in total. The number of fused-ring (bicyclic) bond motifs is 1. The van der Waals surface area contributed by atoms with Gasteiger partial charge in [0.15, 0.2) is 0 Å². The SMILES string of the molecule is CSc1c(SCC2CCC(=O)O2)cnc2ccccc12. The zero-order chi connectivity index (χ0) is 13.9. The van der Waals surface area contributed by atoms with Gasteiger partial charge in [-0.05, 0) is 18.7 Å². The summed E-state index contributed by atoms with van der Waals surface area (Å²) in [5.41, 5.74) is 1.02. The number of esters is 1. The Labute approximate surface area is 126 Å². The van der Waals surface area contributed by atoms with Crippen LogP contribution in [0.3, 0.4) is 0 Å². The Balaban J connectivity index is 1.82. The van der Waals surface area contributed by atoms with E-state index in [1.165, 1.54) is 15.2 Å². The van der Waals surface area contributed by atoms with Crippen LogP contribution in [0.25, 0.3) is 10.9 Å². The predicted octanol–water partition coefficient (Wildman–Crippen LogP) is 3.75. The van der Waals surface area contributed by atoms with E-state index in [2.05, 4.69) is 17.3 Å². The summed E-state index contributed by atoms with van der Waals surface area (Å²) in [6.07, 6.45) is 5.45. The molecule has 0 bridgehead atoms. The second-order valence-electron chi connectivity index (χ2n) is 4.63. The molecule has 0 radical (unpaired) electrons. The molecule has 1 saturated heterocycles. The van der Waals surface area contributed by atoms with E-state index in [0.29, 0.717) is 6.42 Å². The first-order chi connectivity index (χ1) is 9.78. The maximum Gasteiger partial charge on any atom is 0.306 e. The van der Waals surface area contributed by atoms with Crippen LogP contribution < -0.4 is 0 Å². The molecule has 1 atom stereocenters. The molecule has 1 aromatic carbocycles. The number of hydrogen-bond donors (Lipinski definition) is 0. The first-order valence-electron chi connectivity index (χ1n) is 6.52. The van der Waals surface area contributed by atoms with E-state index in [1.807, 2.05) is 24.4 Å². The number of rotatable bonds is 4. The fourth-order valence-corrected chi connectivity index (χ4v) is 4.34. The molecule has 20 heavy (non-hydrogen) atoms. The van der Waals surface area contributed by atoms with Crippen molar-refractivity contribution in [1.29, 1.82) is 0 Å². The van der Waals surface area contributed by atoms with E-state index < -0.39 is 0 Å². The highest BCUT2D eigenvalue weighted by molar-refractivity contribution is 8.02. The zero-order valence-electron chi connectivity index (χ0n) is 11.2. The molecule has 5 heteroatoms. The number of nitrogens with zero attached hydrogens (tertiary/aromatic N) is 1. The number of para-hydroxylation sites is 1. The van der Waals surface area contributed by atoms with E-state index in [-0.39, 0.29) is 12.1 Å². The van der Waals surface area contributed by atoms with Crippen molar-refractivity contribution < 1.29 is 9.53 Å². The van der Waals surface area contributed by atoms with Gasteiger partial charge in [-0.3, -0.25) is 9.78 Å². The predicted molar refractivity (Wildman–Crippen MR) is 83.4 cm³/mol. The molecule has 1 aromatic heterocycles. The molecule has 0 aliphatic carbocycles. The third-order valence-corrected chi connectivity index (χ3v) is 5.43. The molecule has 1 aliphatic rings. The van der Waals surface area contributed by atoms with Crippen LogP contribution in [0.2, 0.25) is 0 Å². The third kappa shape index (κ3) is 2.79. The zero-order valence-corrected chi connectivity index (χ0v) is 12.8. The summed E-state index contributed by atoms with van der Waals surface area (Å²) in [6.45, 7) is 0. The molecule has 3 rings (SSSR count). The maximum absolute atomic E-state index is 11.1. The second-order valence-corrected chi connectivity index (χ2v) is 6.51. The molecule has 0 spiro atoms. The minimum absolute atomic E-state index is 0.0497. The second kappa shape index (κ2) is 6.06. The summed E-state index contributed by atoms with van der Waals surface area (Å²) in [4.78, 5) is 18.0. The number of pyridine rings is 1. The lowest BCUT2D eigenvalue weighted by Gasteiger charge is -2.12. The van der Waals surface area contributed by atoms with Crippen LogP contribution in [-0.4, -0.2) is 29.1 Å². The van der Waals surface area contributed by atoms with E-state index in [1.54, 1.807) is 23.5 Å². The Kier molecular flexibility index (Phi) is 4.17. The van der Waals surface area contributed by atoms with Crippen LogP contribution in [-0.2, 0) is 9.53 Å². The van der Waals surface area contributed by atoms with Crippen molar-refractivity contribution in [3.63, 3.8) is 0 Å². The highest BCUT2D eigenvalue weighted by Gasteiger charge is 2.23. The largest absolute Gasteiger partial charge is 0.461 e. The van der Waals surface area contributed by atoms with E-state index in [9.17, 15) is 4.79 Å². The van der Waals surface area contributed by atoms with Gasteiger partial charge in [-0.2, -0.15) is 0 Å². The number of benzene rings is 1. The summed E-state index contributed by atoms with van der Waals surface area (Å²) >= 11 is 3.46. The minimum Gasteiger partial charge on any atom is -0.461 e. The number of carbonyl (C=O) groups excluding carboxylic acids is 1. The molecule has 2 heterocycles. The molecule has 1 fully saturated rings. The number of carbonyl (C=O) groups is 1. The fourth-order valence-electron chi connectivity index (χ4n) is 2.29. The molecule has 104 valence electrons. The van der Waals surface area contributed by atoms with Crippen LogP contribution in [0.1, 0.15) is 12.8 Å². The number of thioether (sulfide) groups is 2. The molecule has 1 unspecified atom stereocenters. The van der Waals surface area contributed by atoms with Crippen molar-refractivity contribution in [1.82, 2.24) is 4.98 Å². The van der Waals surface area contributed by atoms with Gasteiger partial charge in [-0.25, -0.2) is 0 Å². The standard InChI is InChI=1S/C15H15NO2S2/c1-19-15-11-4-2-3-5-12(11)16-8-13(15)20-9-10-6-7-14(17)18-10/h2-5,8,10H,6-7,9H2,1H3. The molecule has 0 saturated carbocycles. The van der Waals surface area contributed by atoms with Gasteiger partial charge >= 0.3 is 5.97 Å². The Morgan fingerprint density at radius 1 is 1.40 bits per heavy atom. The van der Waals surface area contributed by atoms with E-state index in [0.717, 1.165) is 17.7 Å². The van der Waals surface area contributed by atoms with Crippen LogP contribution in [0.5, 0.6) is 0 Å². The Bertz CT molecular complexity index is 645. The summed E-state index contributed by atoms with van der Waals surface area (Å²) in [6, 6.07) is 8.18. The molecule has 0 amide bonds. The van der Waals surface area contributed by atoms with Crippen LogP contribution in [0.4, 0.5) is 0 Å². The first kappa shape index (κ1) is 13.8. The average Bonchev–Trinajstić information content (AvgIpc) is 2.90. The summed E-state index contributed by atoms with van der Waals surface area (Å²) in [5, 5.41) is 1.19. The van der Waals surface area contributed by atoms with Crippen LogP contribution in [0.15, 0.2) is 40.3 Å². The van der Waals surface area contributed by atoms with Gasteiger partial charge in [0.1, 0.15) is 6.10 Å². The van der Waals surface area contributed by atoms with Crippen LogP contribution in [0, 0.1) is 0 Å². The van der Waals surface area contributed by atoms with Crippen molar-refractivity contribution in [2.45, 2.75) is 28.7 Å². The number of aromatic nitrogens is 1. The van der Waals surface area contributed by atoms with Gasteiger partial charge in [0.05, 0.1) is 5.52 Å². The molecular weight excluding hydrogens is 290 g/mol. The highest BCUT2D eigenvalue weighted by Crippen LogP contribution is 2.35. The third-order valence-electron chi connectivity index (χ3n) is 3.29. The Hall–Kier alpha value is -1.20. The monoisotopic (exact) mass is 305 g/mol. The molecule has 0 N–H and O–H groups in total. The molecular formula is C15H15NO2S2. The summed E-state index contributed by atoms with van der Waals surface area (Å²) in [7, 11) is 0. The first-order valence-corrected chi connectivity index (χ1v) is 8.73. The maximum atomic E-state index is 11.1. The Morgan fingerprint density at radius 3 is 3.00 bits per heavy atom. The van der Waals surface area contributed by atoms with Gasteiger partial charge in [0.25, 0.3) is 0 Å². The lowest BCUT2D eigenvalue weighted by atomic mass is 10.2. The van der Waals surface area contributed by atoms with Gasteiger partial charge in [-0.1, -0.05) is 18.2 Å². The topological polar surface area (TPSA) is 39.2 Å². The van der Waals surface area contributed by atoms with Crippen LogP contribution >= 0.6 is 23.5 Å². The van der Waals surface area contributed by atoms with Crippen molar-refractivity contribution in [3.05, 3.63) is 30.5 Å². The fraction of sp³-hybridized carbons (Fsp3) is 0.333. The van der Waals surface area contributed by atoms with Crippen molar-refractivity contribution in [3.8, 4) is 0 Å². The van der Waals surface area contributed by atoms with Gasteiger partial charge in [0, 0.05) is 33.5 Å². The smallest absolute Gasteiger partial charge is 0.306 e. The lowest BCUT2D eigenvalue weighted by molar-refractivity contribution is -0.140. The minimum atomic E-state index is -0.0719. The quantitative estimate of drug-likeness (QED) is 0.635. The van der Waals surface area contributed by atoms with Gasteiger partial charge in [0.2, 0.25) is 0 Å². The number of ether oxygens (including phenoxy) is 1. The van der Waals surface area contributed by atoms with Gasteiger partial charge in [-0.15, -0.1) is 23.5 Å². The molecule has 1 aliphatic heterocycles. The highest BCUT2D eigenvalue weighted by atomic mass is 32.2. The summed E-state index contributed by atoms with van der Waals surface area (Å²) < 4.78 is 5.26. The normalized spacial score (nSPS) is 18.4. The average molecular weight is 305 g/mol. The molecule has 2 aromatic rings. The van der Waals surface area contributed by atoms with E-state index >= 15 is 0 Å². The number of cyclic esters (lactones) is 1. The van der Waals surface area contributed by atoms with Crippen molar-refractivity contribution >= 4 is 40.4 Å². The van der Waals surface area contributed by atoms with Crippen molar-refractivity contribution in [2.24, 2.45) is 0 Å². The van der Waals surface area contributed by atoms with E-state index in [4.69, 9.17) is 4.74 Å². The lowest BCUT2D eigenvalue weighted by Crippen LogP contribution is -2.09. The van der Waals surface area contributed by atoms with Gasteiger partial charge < -0.3 is 4.74 Å². The number of hydrogen-bond acceptors (Lipinski definition) is 5. The summed E-state index contributed by atoms with van der Waals surface area (Å²) in [5.74, 6) is 0.733.